The van der Waals surface area contributed by atoms with E-state index in [1.54, 1.807) is 65.6 Å². The third-order valence-corrected chi connectivity index (χ3v) is 6.25. The van der Waals surface area contributed by atoms with Crippen LogP contribution >= 0.6 is 11.3 Å². The number of rotatable bonds is 5. The molecule has 0 radical (unpaired) electrons. The minimum atomic E-state index is -0.492. The quantitative estimate of drug-likeness (QED) is 0.432. The molecule has 1 aliphatic rings. The lowest BCUT2D eigenvalue weighted by Crippen LogP contribution is -2.29. The van der Waals surface area contributed by atoms with Gasteiger partial charge in [-0.05, 0) is 60.3 Å². The highest BCUT2D eigenvalue weighted by atomic mass is 32.1. The number of carbonyl (C=O) groups excluding carboxylic acids is 2. The molecule has 2 aromatic heterocycles. The highest BCUT2D eigenvalue weighted by molar-refractivity contribution is 7.13. The highest BCUT2D eigenvalue weighted by Crippen LogP contribution is 2.46. The topological polar surface area (TPSA) is 95.5 Å². The molecule has 4 aromatic rings. The summed E-state index contributed by atoms with van der Waals surface area (Å²) in [5.41, 5.74) is 3.67. The molecule has 2 aromatic carbocycles. The van der Waals surface area contributed by atoms with E-state index in [2.05, 4.69) is 10.2 Å². The van der Waals surface area contributed by atoms with Gasteiger partial charge in [0.05, 0.1) is 28.8 Å². The zero-order chi connectivity index (χ0) is 22.2. The largest absolute Gasteiger partial charge is 0.508 e. The number of hydrogen-bond donors (Lipinski definition) is 2. The van der Waals surface area contributed by atoms with E-state index in [1.165, 1.54) is 0 Å². The van der Waals surface area contributed by atoms with Crippen molar-refractivity contribution in [3.63, 3.8) is 0 Å². The smallest absolute Gasteiger partial charge is 0.338 e. The van der Waals surface area contributed by atoms with Crippen molar-refractivity contribution in [1.82, 2.24) is 10.2 Å². The number of nitrogens with zero attached hydrogens (tertiary/aromatic N) is 2. The van der Waals surface area contributed by atoms with Crippen molar-refractivity contribution in [3.05, 3.63) is 88.4 Å². The summed E-state index contributed by atoms with van der Waals surface area (Å²) >= 11 is 1.55. The average molecular weight is 446 g/mol. The third-order valence-electron chi connectivity index (χ3n) is 5.37. The van der Waals surface area contributed by atoms with Crippen LogP contribution < -0.4 is 4.90 Å². The third kappa shape index (κ3) is 3.25. The Morgan fingerprint density at radius 1 is 1.19 bits per heavy atom. The standard InChI is InChI=1S/C24H19N3O4S/c1-2-31-24(30)14-8-10-16(11-9-14)27-22(15-5-3-6-17(28)13-15)19-20(18-7-4-12-32-18)25-26-21(19)23(27)29/h3-13,22,28H,2H2,1H3,(H,25,26)/t22-/m0/s1. The van der Waals surface area contributed by atoms with Crippen molar-refractivity contribution < 1.29 is 19.4 Å². The first-order valence-corrected chi connectivity index (χ1v) is 11.0. The van der Waals surface area contributed by atoms with Gasteiger partial charge in [0.15, 0.2) is 5.69 Å². The van der Waals surface area contributed by atoms with E-state index >= 15 is 0 Å². The summed E-state index contributed by atoms with van der Waals surface area (Å²) in [5.74, 6) is -0.553. The van der Waals surface area contributed by atoms with Gasteiger partial charge in [-0.3, -0.25) is 14.8 Å². The second kappa shape index (κ2) is 7.97. The van der Waals surface area contributed by atoms with Crippen LogP contribution in [-0.2, 0) is 4.74 Å². The monoisotopic (exact) mass is 445 g/mol. The van der Waals surface area contributed by atoms with Gasteiger partial charge >= 0.3 is 5.97 Å². The van der Waals surface area contributed by atoms with Gasteiger partial charge in [0, 0.05) is 11.3 Å². The molecule has 8 heteroatoms. The van der Waals surface area contributed by atoms with Crippen LogP contribution in [0.2, 0.25) is 0 Å². The molecule has 160 valence electrons. The van der Waals surface area contributed by atoms with E-state index in [1.807, 2.05) is 23.6 Å². The van der Waals surface area contributed by atoms with E-state index in [4.69, 9.17) is 4.74 Å². The first kappa shape index (κ1) is 20.0. The van der Waals surface area contributed by atoms with Crippen LogP contribution in [0.3, 0.4) is 0 Å². The van der Waals surface area contributed by atoms with Crippen LogP contribution in [0, 0.1) is 0 Å². The fraction of sp³-hybridized carbons (Fsp3) is 0.125. The Balaban J connectivity index is 1.63. The van der Waals surface area contributed by atoms with Crippen LogP contribution in [0.4, 0.5) is 5.69 Å². The molecule has 0 saturated heterocycles. The summed E-state index contributed by atoms with van der Waals surface area (Å²) < 4.78 is 5.05. The minimum Gasteiger partial charge on any atom is -0.508 e. The van der Waals surface area contributed by atoms with E-state index < -0.39 is 12.0 Å². The molecule has 5 rings (SSSR count). The van der Waals surface area contributed by atoms with Gasteiger partial charge in [-0.15, -0.1) is 11.3 Å². The van der Waals surface area contributed by atoms with Crippen molar-refractivity contribution in [2.75, 3.05) is 11.5 Å². The molecule has 0 bridgehead atoms. The Kier molecular flexibility index (Phi) is 4.99. The number of carbonyl (C=O) groups is 2. The number of phenolic OH excluding ortho intramolecular Hbond substituents is 1. The second-order valence-corrected chi connectivity index (χ2v) is 8.23. The number of thiophene rings is 1. The van der Waals surface area contributed by atoms with Crippen LogP contribution in [0.15, 0.2) is 66.0 Å². The molecule has 0 saturated carbocycles. The zero-order valence-corrected chi connectivity index (χ0v) is 17.9. The molecule has 7 nitrogen and oxygen atoms in total. The summed E-state index contributed by atoms with van der Waals surface area (Å²) in [4.78, 5) is 28.1. The van der Waals surface area contributed by atoms with Gasteiger partial charge in [0.1, 0.15) is 5.75 Å². The highest BCUT2D eigenvalue weighted by Gasteiger charge is 2.43. The van der Waals surface area contributed by atoms with Gasteiger partial charge in [-0.1, -0.05) is 18.2 Å². The minimum absolute atomic E-state index is 0.113. The van der Waals surface area contributed by atoms with Crippen LogP contribution in [0.1, 0.15) is 44.9 Å². The number of ether oxygens (including phenoxy) is 1. The van der Waals surface area contributed by atoms with Gasteiger partial charge in [0.25, 0.3) is 5.91 Å². The Morgan fingerprint density at radius 2 is 2.00 bits per heavy atom. The van der Waals surface area contributed by atoms with Crippen LogP contribution in [-0.4, -0.2) is 33.8 Å². The van der Waals surface area contributed by atoms with Gasteiger partial charge in [-0.25, -0.2) is 4.79 Å². The molecule has 1 aliphatic heterocycles. The van der Waals surface area contributed by atoms with Crippen molar-refractivity contribution in [2.24, 2.45) is 0 Å². The Hall–Kier alpha value is -3.91. The van der Waals surface area contributed by atoms with Crippen LogP contribution in [0.5, 0.6) is 5.75 Å². The number of hydrogen-bond acceptors (Lipinski definition) is 6. The molecule has 2 N–H and O–H groups in total. The number of aromatic amines is 1. The molecule has 0 spiro atoms. The number of esters is 1. The molecule has 1 atom stereocenters. The molecule has 0 fully saturated rings. The van der Waals surface area contributed by atoms with Gasteiger partial charge in [-0.2, -0.15) is 5.10 Å². The van der Waals surface area contributed by atoms with E-state index in [-0.39, 0.29) is 18.3 Å². The number of aromatic hydroxyl groups is 1. The van der Waals surface area contributed by atoms with E-state index in [0.717, 1.165) is 21.7 Å². The van der Waals surface area contributed by atoms with E-state index in [9.17, 15) is 14.7 Å². The first-order valence-electron chi connectivity index (χ1n) is 10.1. The first-order chi connectivity index (χ1) is 15.6. The molecule has 1 amide bonds. The van der Waals surface area contributed by atoms with Crippen molar-refractivity contribution in [1.29, 1.82) is 0 Å². The number of phenols is 1. The normalized spacial score (nSPS) is 15.1. The fourth-order valence-corrected chi connectivity index (χ4v) is 4.73. The average Bonchev–Trinajstić information content (AvgIpc) is 3.52. The molecule has 0 aliphatic carbocycles. The maximum absolute atomic E-state index is 13.5. The predicted molar refractivity (Wildman–Crippen MR) is 121 cm³/mol. The summed E-state index contributed by atoms with van der Waals surface area (Å²) in [5, 5.41) is 19.4. The zero-order valence-electron chi connectivity index (χ0n) is 17.1. The molecule has 32 heavy (non-hydrogen) atoms. The lowest BCUT2D eigenvalue weighted by Gasteiger charge is -2.26. The lowest BCUT2D eigenvalue weighted by atomic mass is 9.97. The van der Waals surface area contributed by atoms with Gasteiger partial charge in [0.2, 0.25) is 0 Å². The second-order valence-electron chi connectivity index (χ2n) is 7.28. The molecular weight excluding hydrogens is 426 g/mol. The lowest BCUT2D eigenvalue weighted by molar-refractivity contribution is 0.0526. The number of fused-ring (bicyclic) bond motifs is 1. The molecule has 0 unspecified atom stereocenters. The summed E-state index contributed by atoms with van der Waals surface area (Å²) in [7, 11) is 0. The van der Waals surface area contributed by atoms with Crippen molar-refractivity contribution >= 4 is 28.9 Å². The number of H-pyrrole nitrogens is 1. The number of anilines is 1. The Bertz CT molecular complexity index is 1300. The summed E-state index contributed by atoms with van der Waals surface area (Å²) in [6, 6.07) is 17.0. The molecule has 3 heterocycles. The molecular formula is C24H19N3O4S. The Morgan fingerprint density at radius 3 is 2.69 bits per heavy atom. The number of nitrogens with one attached hydrogen (secondary N) is 1. The van der Waals surface area contributed by atoms with Gasteiger partial charge < -0.3 is 9.84 Å². The predicted octanol–water partition coefficient (Wildman–Crippen LogP) is 4.77. The number of benzene rings is 2. The maximum Gasteiger partial charge on any atom is 0.338 e. The summed E-state index contributed by atoms with van der Waals surface area (Å²) in [6.07, 6.45) is 0. The number of amides is 1. The Labute approximate surface area is 187 Å². The van der Waals surface area contributed by atoms with Crippen LogP contribution in [0.25, 0.3) is 10.6 Å². The number of aromatic nitrogens is 2. The maximum atomic E-state index is 13.5. The van der Waals surface area contributed by atoms with Crippen molar-refractivity contribution in [3.8, 4) is 16.3 Å². The van der Waals surface area contributed by atoms with E-state index in [0.29, 0.717) is 16.9 Å². The fourth-order valence-electron chi connectivity index (χ4n) is 4.00. The summed E-state index contributed by atoms with van der Waals surface area (Å²) in [6.45, 7) is 2.04. The SMILES string of the molecule is CCOC(=O)c1ccc(N2C(=O)c3n[nH]c(-c4cccs4)c3[C@@H]2c2cccc(O)c2)cc1. The van der Waals surface area contributed by atoms with Crippen molar-refractivity contribution in [2.45, 2.75) is 13.0 Å².